The van der Waals surface area contributed by atoms with Crippen LogP contribution >= 0.6 is 11.3 Å². The van der Waals surface area contributed by atoms with Gasteiger partial charge in [-0.1, -0.05) is 36.5 Å². The van der Waals surface area contributed by atoms with Gasteiger partial charge >= 0.3 is 5.97 Å². The number of nitrogens with zero attached hydrogens (tertiary/aromatic N) is 3. The zero-order valence-corrected chi connectivity index (χ0v) is 19.4. The molecule has 0 spiro atoms. The van der Waals surface area contributed by atoms with Crippen LogP contribution in [-0.2, 0) is 17.7 Å². The molecule has 1 aliphatic heterocycles. The van der Waals surface area contributed by atoms with Crippen molar-refractivity contribution in [3.8, 4) is 0 Å². The lowest BCUT2D eigenvalue weighted by molar-refractivity contribution is 0.0526. The minimum Gasteiger partial charge on any atom is -0.462 e. The standard InChI is InChI=1S/C25H24N4O3S/c1-3-29-12-11-19-17(14-29)22(16-7-5-6-8-18(16)26-19)23(30)28-25-27-20-10-9-15(13-21(20)33-25)24(31)32-4-2/h5-10,13H,3-4,11-12,14H2,1-2H3,(H,27,28,30). The summed E-state index contributed by atoms with van der Waals surface area (Å²) in [5.41, 5.74) is 4.67. The molecule has 3 heterocycles. The molecule has 0 bridgehead atoms. The molecule has 0 radical (unpaired) electrons. The normalized spacial score (nSPS) is 13.8. The maximum absolute atomic E-state index is 13.6. The number of rotatable bonds is 5. The highest BCUT2D eigenvalue weighted by molar-refractivity contribution is 7.22. The molecular weight excluding hydrogens is 436 g/mol. The quantitative estimate of drug-likeness (QED) is 0.437. The lowest BCUT2D eigenvalue weighted by atomic mass is 9.95. The van der Waals surface area contributed by atoms with Crippen molar-refractivity contribution in [3.63, 3.8) is 0 Å². The number of ether oxygens (including phenoxy) is 1. The van der Waals surface area contributed by atoms with E-state index in [1.54, 1.807) is 25.1 Å². The van der Waals surface area contributed by atoms with Crippen LogP contribution < -0.4 is 5.32 Å². The van der Waals surface area contributed by atoms with Crippen LogP contribution in [0.4, 0.5) is 5.13 Å². The minimum atomic E-state index is -0.367. The highest BCUT2D eigenvalue weighted by Crippen LogP contribution is 2.31. The Morgan fingerprint density at radius 1 is 1.12 bits per heavy atom. The number of thiazole rings is 1. The lowest BCUT2D eigenvalue weighted by Gasteiger charge is -2.29. The van der Waals surface area contributed by atoms with E-state index in [0.29, 0.717) is 29.4 Å². The molecule has 8 heteroatoms. The Morgan fingerprint density at radius 2 is 1.97 bits per heavy atom. The molecule has 0 saturated heterocycles. The Morgan fingerprint density at radius 3 is 2.79 bits per heavy atom. The highest BCUT2D eigenvalue weighted by Gasteiger charge is 2.26. The van der Waals surface area contributed by atoms with E-state index >= 15 is 0 Å². The van der Waals surface area contributed by atoms with Crippen LogP contribution in [0.25, 0.3) is 21.1 Å². The number of anilines is 1. The fourth-order valence-corrected chi connectivity index (χ4v) is 5.15. The maximum Gasteiger partial charge on any atom is 0.338 e. The van der Waals surface area contributed by atoms with Gasteiger partial charge in [0.05, 0.1) is 33.5 Å². The molecule has 2 aromatic carbocycles. The van der Waals surface area contributed by atoms with Gasteiger partial charge in [-0.3, -0.25) is 20.0 Å². The van der Waals surface area contributed by atoms with E-state index in [0.717, 1.165) is 51.9 Å². The summed E-state index contributed by atoms with van der Waals surface area (Å²) in [6.45, 7) is 6.79. The minimum absolute atomic E-state index is 0.188. The van der Waals surface area contributed by atoms with E-state index in [2.05, 4.69) is 22.1 Å². The second kappa shape index (κ2) is 8.88. The van der Waals surface area contributed by atoms with Crippen molar-refractivity contribution < 1.29 is 14.3 Å². The molecule has 1 N–H and O–H groups in total. The summed E-state index contributed by atoms with van der Waals surface area (Å²) in [7, 11) is 0. The number of esters is 1. The first-order valence-electron chi connectivity index (χ1n) is 11.1. The molecule has 0 fully saturated rings. The molecule has 33 heavy (non-hydrogen) atoms. The number of hydrogen-bond donors (Lipinski definition) is 1. The molecule has 0 atom stereocenters. The summed E-state index contributed by atoms with van der Waals surface area (Å²) >= 11 is 1.34. The van der Waals surface area contributed by atoms with Crippen molar-refractivity contribution in [2.24, 2.45) is 0 Å². The summed E-state index contributed by atoms with van der Waals surface area (Å²) in [6.07, 6.45) is 0.825. The third-order valence-corrected chi connectivity index (χ3v) is 6.85. The Kier molecular flexibility index (Phi) is 5.78. The van der Waals surface area contributed by atoms with Crippen LogP contribution in [0, 0.1) is 0 Å². The van der Waals surface area contributed by atoms with Gasteiger partial charge in [-0.05, 0) is 37.7 Å². The second-order valence-electron chi connectivity index (χ2n) is 7.92. The van der Waals surface area contributed by atoms with Crippen molar-refractivity contribution in [1.82, 2.24) is 14.9 Å². The van der Waals surface area contributed by atoms with E-state index in [4.69, 9.17) is 9.72 Å². The number of aromatic nitrogens is 2. The third kappa shape index (κ3) is 4.07. The molecular formula is C25H24N4O3S. The second-order valence-corrected chi connectivity index (χ2v) is 8.95. The van der Waals surface area contributed by atoms with Crippen LogP contribution in [0.1, 0.15) is 45.8 Å². The van der Waals surface area contributed by atoms with Gasteiger partial charge in [-0.2, -0.15) is 0 Å². The number of nitrogens with one attached hydrogen (secondary N) is 1. The van der Waals surface area contributed by atoms with Gasteiger partial charge in [0.25, 0.3) is 5.91 Å². The Hall–Kier alpha value is -3.36. The van der Waals surface area contributed by atoms with Gasteiger partial charge in [0.2, 0.25) is 0 Å². The summed E-state index contributed by atoms with van der Waals surface area (Å²) in [6, 6.07) is 13.0. The SMILES string of the molecule is CCOC(=O)c1ccc2nc(NC(=O)c3c4c(nc5ccccc35)CCN(CC)C4)sc2c1. The van der Waals surface area contributed by atoms with E-state index in [1.807, 2.05) is 24.3 Å². The molecule has 168 valence electrons. The van der Waals surface area contributed by atoms with Gasteiger partial charge in [0.15, 0.2) is 5.13 Å². The predicted octanol–water partition coefficient (Wildman–Crippen LogP) is 4.65. The molecule has 0 saturated carbocycles. The first kappa shape index (κ1) is 21.5. The Balaban J connectivity index is 1.52. The molecule has 1 amide bonds. The number of pyridine rings is 1. The third-order valence-electron chi connectivity index (χ3n) is 5.92. The number of benzene rings is 2. The van der Waals surface area contributed by atoms with Gasteiger partial charge in [-0.15, -0.1) is 0 Å². The molecule has 7 nitrogen and oxygen atoms in total. The lowest BCUT2D eigenvalue weighted by Crippen LogP contribution is -2.33. The van der Waals surface area contributed by atoms with E-state index in [1.165, 1.54) is 11.3 Å². The largest absolute Gasteiger partial charge is 0.462 e. The molecule has 4 aromatic rings. The van der Waals surface area contributed by atoms with Crippen molar-refractivity contribution in [3.05, 3.63) is 64.8 Å². The first-order valence-corrected chi connectivity index (χ1v) is 11.9. The predicted molar refractivity (Wildman–Crippen MR) is 130 cm³/mol. The van der Waals surface area contributed by atoms with E-state index in [9.17, 15) is 9.59 Å². The average molecular weight is 461 g/mol. The first-order chi connectivity index (χ1) is 16.1. The van der Waals surface area contributed by atoms with Gasteiger partial charge in [0.1, 0.15) is 0 Å². The van der Waals surface area contributed by atoms with Crippen LogP contribution in [-0.4, -0.2) is 46.4 Å². The summed E-state index contributed by atoms with van der Waals surface area (Å²) in [4.78, 5) is 37.3. The van der Waals surface area contributed by atoms with Crippen LogP contribution in [0.5, 0.6) is 0 Å². The highest BCUT2D eigenvalue weighted by atomic mass is 32.1. The number of carbonyl (C=O) groups is 2. The number of para-hydroxylation sites is 1. The molecule has 1 aliphatic rings. The van der Waals surface area contributed by atoms with Gasteiger partial charge in [-0.25, -0.2) is 9.78 Å². The van der Waals surface area contributed by atoms with Crippen molar-refractivity contribution in [2.45, 2.75) is 26.8 Å². The average Bonchev–Trinajstić information content (AvgIpc) is 3.23. The number of likely N-dealkylation sites (N-methyl/N-ethyl adjacent to an activating group) is 1. The monoisotopic (exact) mass is 460 g/mol. The van der Waals surface area contributed by atoms with E-state index < -0.39 is 0 Å². The zero-order valence-electron chi connectivity index (χ0n) is 18.6. The van der Waals surface area contributed by atoms with Gasteiger partial charge < -0.3 is 4.74 Å². The maximum atomic E-state index is 13.6. The molecule has 0 aliphatic carbocycles. The van der Waals surface area contributed by atoms with Gasteiger partial charge in [0, 0.05) is 36.2 Å². The van der Waals surface area contributed by atoms with Crippen LogP contribution in [0.2, 0.25) is 0 Å². The molecule has 2 aromatic heterocycles. The number of amides is 1. The topological polar surface area (TPSA) is 84.4 Å². The Bertz CT molecular complexity index is 1380. The van der Waals surface area contributed by atoms with E-state index in [-0.39, 0.29) is 11.9 Å². The summed E-state index contributed by atoms with van der Waals surface area (Å²) < 4.78 is 5.90. The van der Waals surface area contributed by atoms with Crippen molar-refractivity contribution >= 4 is 49.5 Å². The summed E-state index contributed by atoms with van der Waals surface area (Å²) in [5.74, 6) is -0.554. The molecule has 0 unspecified atom stereocenters. The fraction of sp³-hybridized carbons (Fsp3) is 0.280. The number of hydrogen-bond acceptors (Lipinski definition) is 7. The molecule has 5 rings (SSSR count). The van der Waals surface area contributed by atoms with Crippen LogP contribution in [0.3, 0.4) is 0 Å². The van der Waals surface area contributed by atoms with Crippen molar-refractivity contribution in [2.75, 3.05) is 25.0 Å². The fourth-order valence-electron chi connectivity index (χ4n) is 4.25. The number of carbonyl (C=O) groups excluding carboxylic acids is 2. The zero-order chi connectivity index (χ0) is 22.9. The smallest absolute Gasteiger partial charge is 0.338 e. The number of fused-ring (bicyclic) bond motifs is 3. The van der Waals surface area contributed by atoms with Crippen LogP contribution in [0.15, 0.2) is 42.5 Å². The summed E-state index contributed by atoms with van der Waals surface area (Å²) in [5, 5.41) is 4.34. The van der Waals surface area contributed by atoms with Crippen molar-refractivity contribution in [1.29, 1.82) is 0 Å². The Labute approximate surface area is 195 Å².